The fraction of sp³-hybridized carbons (Fsp3) is 0.118. The average molecular weight is 351 g/mol. The summed E-state index contributed by atoms with van der Waals surface area (Å²) in [5.41, 5.74) is 1.83. The summed E-state index contributed by atoms with van der Waals surface area (Å²) in [4.78, 5) is 12.5. The van der Waals surface area contributed by atoms with Crippen LogP contribution in [0.2, 0.25) is 5.02 Å². The summed E-state index contributed by atoms with van der Waals surface area (Å²) in [7, 11) is 1.85. The molecule has 24 heavy (non-hydrogen) atoms. The van der Waals surface area contributed by atoms with Crippen molar-refractivity contribution in [1.82, 2.24) is 4.57 Å². The number of alkyl halides is 2. The van der Waals surface area contributed by atoms with Gasteiger partial charge in [-0.2, -0.15) is 8.78 Å². The van der Waals surface area contributed by atoms with E-state index < -0.39 is 6.61 Å². The van der Waals surface area contributed by atoms with Gasteiger partial charge < -0.3 is 14.6 Å². The Hall–Kier alpha value is -2.60. The zero-order valence-electron chi connectivity index (χ0n) is 12.6. The van der Waals surface area contributed by atoms with Crippen LogP contribution < -0.4 is 10.1 Å². The zero-order chi connectivity index (χ0) is 17.3. The molecule has 3 rings (SSSR count). The van der Waals surface area contributed by atoms with Gasteiger partial charge in [0, 0.05) is 29.8 Å². The van der Waals surface area contributed by atoms with Crippen LogP contribution in [0, 0.1) is 0 Å². The molecule has 0 bridgehead atoms. The second kappa shape index (κ2) is 6.49. The summed E-state index contributed by atoms with van der Waals surface area (Å²) in [5, 5.41) is 3.52. The Morgan fingerprint density at radius 3 is 2.71 bits per heavy atom. The fourth-order valence-corrected chi connectivity index (χ4v) is 2.72. The average Bonchev–Trinajstić information content (AvgIpc) is 2.87. The Labute approximate surface area is 141 Å². The largest absolute Gasteiger partial charge is 0.433 e. The van der Waals surface area contributed by atoms with Gasteiger partial charge in [0.05, 0.1) is 10.6 Å². The number of carbonyl (C=O) groups excluding carboxylic acids is 1. The van der Waals surface area contributed by atoms with Crippen molar-refractivity contribution >= 4 is 34.1 Å². The quantitative estimate of drug-likeness (QED) is 0.742. The predicted octanol–water partition coefficient (Wildman–Crippen LogP) is 4.69. The molecule has 1 amide bonds. The van der Waals surface area contributed by atoms with Crippen LogP contribution in [0.4, 0.5) is 14.5 Å². The monoisotopic (exact) mass is 350 g/mol. The second-order valence-corrected chi connectivity index (χ2v) is 5.56. The molecule has 0 fully saturated rings. The summed E-state index contributed by atoms with van der Waals surface area (Å²) in [6.07, 6.45) is 1.73. The number of hydrogen-bond donors (Lipinski definition) is 1. The number of benzene rings is 2. The van der Waals surface area contributed by atoms with Gasteiger partial charge >= 0.3 is 6.61 Å². The van der Waals surface area contributed by atoms with Crippen LogP contribution in [-0.4, -0.2) is 17.1 Å². The minimum absolute atomic E-state index is 0.00832. The molecule has 0 unspecified atom stereocenters. The van der Waals surface area contributed by atoms with Crippen molar-refractivity contribution in [2.24, 2.45) is 7.05 Å². The van der Waals surface area contributed by atoms with Crippen LogP contribution >= 0.6 is 11.6 Å². The lowest BCUT2D eigenvalue weighted by Gasteiger charge is -2.09. The number of halogens is 3. The second-order valence-electron chi connectivity index (χ2n) is 5.15. The highest BCUT2D eigenvalue weighted by molar-refractivity contribution is 6.32. The normalized spacial score (nSPS) is 11.0. The molecule has 7 heteroatoms. The summed E-state index contributed by atoms with van der Waals surface area (Å²) >= 11 is 5.89. The molecule has 0 aliphatic heterocycles. The lowest BCUT2D eigenvalue weighted by atomic mass is 10.1. The molecule has 0 aliphatic rings. The number of fused-ring (bicyclic) bond motifs is 1. The smallest absolute Gasteiger partial charge is 0.387 e. The number of ether oxygens (including phenoxy) is 1. The highest BCUT2D eigenvalue weighted by Crippen LogP contribution is 2.29. The highest BCUT2D eigenvalue weighted by Gasteiger charge is 2.15. The van der Waals surface area contributed by atoms with E-state index in [1.165, 1.54) is 18.2 Å². The topological polar surface area (TPSA) is 43.3 Å². The van der Waals surface area contributed by atoms with Crippen LogP contribution in [0.15, 0.2) is 48.7 Å². The van der Waals surface area contributed by atoms with Crippen LogP contribution in [0.25, 0.3) is 10.9 Å². The Morgan fingerprint density at radius 2 is 2.00 bits per heavy atom. The van der Waals surface area contributed by atoms with Gasteiger partial charge in [0.2, 0.25) is 0 Å². The first-order chi connectivity index (χ1) is 11.5. The van der Waals surface area contributed by atoms with Crippen LogP contribution in [0.3, 0.4) is 0 Å². The first kappa shape index (κ1) is 16.3. The van der Waals surface area contributed by atoms with E-state index in [1.54, 1.807) is 6.20 Å². The van der Waals surface area contributed by atoms with E-state index >= 15 is 0 Å². The Morgan fingerprint density at radius 1 is 1.25 bits per heavy atom. The van der Waals surface area contributed by atoms with E-state index in [0.29, 0.717) is 11.3 Å². The third-order valence-electron chi connectivity index (χ3n) is 3.55. The standard InChI is InChI=1S/C17H13ClF2N2O2/c1-22-9-12(11-4-2-3-5-14(11)22)16(23)21-10-6-7-15(13(18)8-10)24-17(19)20/h2-9,17H,1H3,(H,21,23). The summed E-state index contributed by atoms with van der Waals surface area (Å²) in [6.45, 7) is -2.96. The van der Waals surface area contributed by atoms with Gasteiger partial charge in [0.1, 0.15) is 5.75 Å². The van der Waals surface area contributed by atoms with Crippen molar-refractivity contribution in [1.29, 1.82) is 0 Å². The molecule has 2 aromatic carbocycles. The maximum absolute atomic E-state index is 12.5. The Kier molecular flexibility index (Phi) is 4.40. The molecule has 124 valence electrons. The SMILES string of the molecule is Cn1cc(C(=O)Nc2ccc(OC(F)F)c(Cl)c2)c2ccccc21. The fourth-order valence-electron chi connectivity index (χ4n) is 2.49. The number of amides is 1. The molecule has 0 saturated carbocycles. The van der Waals surface area contributed by atoms with Crippen molar-refractivity contribution in [2.75, 3.05) is 5.32 Å². The zero-order valence-corrected chi connectivity index (χ0v) is 13.3. The number of nitrogens with one attached hydrogen (secondary N) is 1. The van der Waals surface area contributed by atoms with Gasteiger partial charge in [-0.15, -0.1) is 0 Å². The van der Waals surface area contributed by atoms with Gasteiger partial charge in [-0.05, 0) is 24.3 Å². The van der Waals surface area contributed by atoms with Crippen molar-refractivity contribution in [2.45, 2.75) is 6.61 Å². The van der Waals surface area contributed by atoms with E-state index in [-0.39, 0.29) is 16.7 Å². The van der Waals surface area contributed by atoms with Crippen LogP contribution in [0.1, 0.15) is 10.4 Å². The first-order valence-electron chi connectivity index (χ1n) is 7.05. The van der Waals surface area contributed by atoms with Gasteiger partial charge in [0.15, 0.2) is 0 Å². The number of anilines is 1. The third-order valence-corrected chi connectivity index (χ3v) is 3.84. The molecular weight excluding hydrogens is 338 g/mol. The van der Waals surface area contributed by atoms with E-state index in [4.69, 9.17) is 11.6 Å². The summed E-state index contributed by atoms with van der Waals surface area (Å²) in [5.74, 6) is -0.458. The van der Waals surface area contributed by atoms with Crippen molar-refractivity contribution in [3.05, 3.63) is 59.2 Å². The van der Waals surface area contributed by atoms with E-state index in [1.807, 2.05) is 35.9 Å². The van der Waals surface area contributed by atoms with Crippen molar-refractivity contribution in [3.8, 4) is 5.75 Å². The van der Waals surface area contributed by atoms with Crippen molar-refractivity contribution < 1.29 is 18.3 Å². The maximum atomic E-state index is 12.5. The summed E-state index contributed by atoms with van der Waals surface area (Å²) < 4.78 is 30.6. The van der Waals surface area contributed by atoms with Crippen LogP contribution in [0.5, 0.6) is 5.75 Å². The molecular formula is C17H13ClF2N2O2. The molecule has 0 aliphatic carbocycles. The van der Waals surface area contributed by atoms with Gasteiger partial charge in [-0.1, -0.05) is 29.8 Å². The molecule has 3 aromatic rings. The molecule has 1 N–H and O–H groups in total. The Balaban J connectivity index is 1.85. The maximum Gasteiger partial charge on any atom is 0.387 e. The minimum Gasteiger partial charge on any atom is -0.433 e. The summed E-state index contributed by atoms with van der Waals surface area (Å²) in [6, 6.07) is 11.6. The lowest BCUT2D eigenvalue weighted by Crippen LogP contribution is -2.11. The number of para-hydroxylation sites is 1. The predicted molar refractivity (Wildman–Crippen MR) is 89.0 cm³/mol. The first-order valence-corrected chi connectivity index (χ1v) is 7.43. The molecule has 1 heterocycles. The number of carbonyl (C=O) groups is 1. The van der Waals surface area contributed by atoms with E-state index in [2.05, 4.69) is 10.1 Å². The van der Waals surface area contributed by atoms with E-state index in [0.717, 1.165) is 10.9 Å². The molecule has 0 atom stereocenters. The Bertz CT molecular complexity index is 909. The number of aryl methyl sites for hydroxylation is 1. The minimum atomic E-state index is -2.96. The lowest BCUT2D eigenvalue weighted by molar-refractivity contribution is -0.0497. The van der Waals surface area contributed by atoms with Gasteiger partial charge in [0.25, 0.3) is 5.91 Å². The molecule has 0 radical (unpaired) electrons. The third kappa shape index (κ3) is 3.19. The van der Waals surface area contributed by atoms with Gasteiger partial charge in [-0.3, -0.25) is 4.79 Å². The number of nitrogens with zero attached hydrogens (tertiary/aromatic N) is 1. The molecule has 1 aromatic heterocycles. The number of hydrogen-bond acceptors (Lipinski definition) is 2. The number of aromatic nitrogens is 1. The molecule has 0 saturated heterocycles. The highest BCUT2D eigenvalue weighted by atomic mass is 35.5. The van der Waals surface area contributed by atoms with Gasteiger partial charge in [-0.25, -0.2) is 0 Å². The molecule has 0 spiro atoms. The van der Waals surface area contributed by atoms with Crippen molar-refractivity contribution in [3.63, 3.8) is 0 Å². The van der Waals surface area contributed by atoms with E-state index in [9.17, 15) is 13.6 Å². The number of rotatable bonds is 4. The van der Waals surface area contributed by atoms with Crippen LogP contribution in [-0.2, 0) is 7.05 Å². The molecule has 4 nitrogen and oxygen atoms in total.